The van der Waals surface area contributed by atoms with Crippen molar-refractivity contribution in [3.05, 3.63) is 59.4 Å². The Kier molecular flexibility index (Phi) is 4.94. The van der Waals surface area contributed by atoms with Crippen molar-refractivity contribution in [2.75, 3.05) is 31.7 Å². The van der Waals surface area contributed by atoms with Crippen LogP contribution in [0.3, 0.4) is 0 Å². The predicted molar refractivity (Wildman–Crippen MR) is 112 cm³/mol. The van der Waals surface area contributed by atoms with E-state index in [4.69, 9.17) is 4.74 Å². The lowest BCUT2D eigenvalue weighted by Crippen LogP contribution is -2.50. The summed E-state index contributed by atoms with van der Waals surface area (Å²) >= 11 is 1.70. The Labute approximate surface area is 172 Å². The number of aromatic nitrogens is 2. The van der Waals surface area contributed by atoms with Gasteiger partial charge in [0.1, 0.15) is 23.1 Å². The largest absolute Gasteiger partial charge is 0.378 e. The number of dihydropyridines is 1. The average molecular weight is 414 g/mol. The van der Waals surface area contributed by atoms with E-state index in [2.05, 4.69) is 37.3 Å². The Morgan fingerprint density at radius 1 is 1.31 bits per heavy atom. The van der Waals surface area contributed by atoms with Gasteiger partial charge in [0.15, 0.2) is 5.82 Å². The van der Waals surface area contributed by atoms with Crippen LogP contribution in [-0.2, 0) is 4.74 Å². The summed E-state index contributed by atoms with van der Waals surface area (Å²) in [5.41, 5.74) is 3.85. The molecule has 3 atom stereocenters. The highest BCUT2D eigenvalue weighted by molar-refractivity contribution is 8.03. The van der Waals surface area contributed by atoms with Crippen molar-refractivity contribution >= 4 is 23.7 Å². The summed E-state index contributed by atoms with van der Waals surface area (Å²) in [4.78, 5) is 19.5. The highest BCUT2D eigenvalue weighted by atomic mass is 32.2. The van der Waals surface area contributed by atoms with Crippen LogP contribution in [0.1, 0.15) is 16.3 Å². The fourth-order valence-electron chi connectivity index (χ4n) is 3.63. The summed E-state index contributed by atoms with van der Waals surface area (Å²) in [6.07, 6.45) is 13.2. The van der Waals surface area contributed by atoms with Crippen LogP contribution in [-0.4, -0.2) is 64.4 Å². The third-order valence-electron chi connectivity index (χ3n) is 5.13. The first-order valence-electron chi connectivity index (χ1n) is 9.65. The quantitative estimate of drug-likeness (QED) is 0.562. The molecule has 3 unspecified atom stereocenters. The second-order valence-electron chi connectivity index (χ2n) is 7.01. The summed E-state index contributed by atoms with van der Waals surface area (Å²) in [6, 6.07) is 0.0480. The lowest BCUT2D eigenvalue weighted by molar-refractivity contribution is 0.0492. The zero-order valence-corrected chi connectivity index (χ0v) is 16.6. The van der Waals surface area contributed by atoms with Crippen LogP contribution in [0, 0.1) is 0 Å². The van der Waals surface area contributed by atoms with Gasteiger partial charge in [-0.1, -0.05) is 12.2 Å². The number of rotatable bonds is 4. The van der Waals surface area contributed by atoms with E-state index in [1.807, 2.05) is 35.9 Å². The number of nitrogens with one attached hydrogen (secondary N) is 4. The molecular weight excluding hydrogens is 390 g/mol. The molecule has 9 nitrogen and oxygen atoms in total. The van der Waals surface area contributed by atoms with Crippen LogP contribution in [0.2, 0.25) is 0 Å². The highest BCUT2D eigenvalue weighted by Crippen LogP contribution is 2.23. The molecule has 10 heteroatoms. The molecule has 152 valence electrons. The molecule has 5 heterocycles. The van der Waals surface area contributed by atoms with Crippen LogP contribution in [0.25, 0.3) is 6.08 Å². The molecular formula is C19H23N7O2S. The van der Waals surface area contributed by atoms with E-state index in [1.165, 1.54) is 0 Å². The standard InChI is InChI=1S/C19H23N7O2S/c27-18(23-15-2-1-3-17(22-15)25-7-9-28-10-8-25)14-12-21-16-5-4-13(24-26(14)16)19-20-6-11-29-19/h1-6,11-13,15,19-20,22,24H,7-10H2,(H,23,27). The van der Waals surface area contributed by atoms with Crippen molar-refractivity contribution in [1.82, 2.24) is 30.5 Å². The number of fused-ring (bicyclic) bond motifs is 1. The molecule has 0 saturated carbocycles. The first-order valence-corrected chi connectivity index (χ1v) is 10.6. The second-order valence-corrected chi connectivity index (χ2v) is 8.06. The van der Waals surface area contributed by atoms with Gasteiger partial charge in [0.05, 0.1) is 25.5 Å². The van der Waals surface area contributed by atoms with Gasteiger partial charge in [-0.2, -0.15) is 0 Å². The molecule has 0 aromatic carbocycles. The van der Waals surface area contributed by atoms with Crippen LogP contribution >= 0.6 is 11.8 Å². The normalized spacial score (nSPS) is 27.5. The van der Waals surface area contributed by atoms with Gasteiger partial charge < -0.3 is 31.0 Å². The van der Waals surface area contributed by atoms with E-state index < -0.39 is 0 Å². The van der Waals surface area contributed by atoms with E-state index in [1.54, 1.807) is 22.6 Å². The minimum atomic E-state index is -0.289. The minimum Gasteiger partial charge on any atom is -0.378 e. The van der Waals surface area contributed by atoms with Crippen LogP contribution in [0.5, 0.6) is 0 Å². The number of carbonyl (C=O) groups excluding carboxylic acids is 1. The number of imidazole rings is 1. The minimum absolute atomic E-state index is 0.0480. The fourth-order valence-corrected chi connectivity index (χ4v) is 4.43. The van der Waals surface area contributed by atoms with E-state index in [9.17, 15) is 4.79 Å². The fraction of sp³-hybridized carbons (Fsp3) is 0.368. The molecule has 1 aromatic heterocycles. The summed E-state index contributed by atoms with van der Waals surface area (Å²) in [6.45, 7) is 3.10. The number of hydrogen-bond donors (Lipinski definition) is 4. The van der Waals surface area contributed by atoms with Crippen LogP contribution < -0.4 is 21.4 Å². The third kappa shape index (κ3) is 3.73. The number of allylic oxidation sites excluding steroid dienone is 2. The van der Waals surface area contributed by atoms with Gasteiger partial charge >= 0.3 is 0 Å². The molecule has 0 bridgehead atoms. The number of nitrogens with zero attached hydrogens (tertiary/aromatic N) is 3. The van der Waals surface area contributed by atoms with Gasteiger partial charge in [-0.3, -0.25) is 4.79 Å². The van der Waals surface area contributed by atoms with E-state index in [0.717, 1.165) is 18.9 Å². The van der Waals surface area contributed by atoms with Crippen LogP contribution in [0.4, 0.5) is 0 Å². The summed E-state index contributed by atoms with van der Waals surface area (Å²) in [7, 11) is 0. The third-order valence-corrected chi connectivity index (χ3v) is 6.15. The number of morpholine rings is 1. The molecule has 0 aliphatic carbocycles. The zero-order valence-electron chi connectivity index (χ0n) is 15.7. The molecule has 0 spiro atoms. The van der Waals surface area contributed by atoms with E-state index in [-0.39, 0.29) is 23.5 Å². The first-order chi connectivity index (χ1) is 14.3. The molecule has 5 rings (SSSR count). The van der Waals surface area contributed by atoms with E-state index in [0.29, 0.717) is 24.7 Å². The lowest BCUT2D eigenvalue weighted by atomic mass is 10.2. The van der Waals surface area contributed by atoms with Crippen molar-refractivity contribution in [2.24, 2.45) is 0 Å². The van der Waals surface area contributed by atoms with Gasteiger partial charge in [-0.05, 0) is 23.6 Å². The molecule has 1 saturated heterocycles. The number of ether oxygens (including phenoxy) is 1. The van der Waals surface area contributed by atoms with Crippen molar-refractivity contribution in [1.29, 1.82) is 0 Å². The van der Waals surface area contributed by atoms with Crippen molar-refractivity contribution in [2.45, 2.75) is 17.6 Å². The number of thioether (sulfide) groups is 1. The zero-order chi connectivity index (χ0) is 19.6. The number of carbonyl (C=O) groups is 1. The summed E-state index contributed by atoms with van der Waals surface area (Å²) in [5, 5.41) is 11.9. The highest BCUT2D eigenvalue weighted by Gasteiger charge is 2.27. The second kappa shape index (κ2) is 7.88. The van der Waals surface area contributed by atoms with Gasteiger partial charge in [0.25, 0.3) is 5.91 Å². The Morgan fingerprint density at radius 3 is 3.03 bits per heavy atom. The smallest absolute Gasteiger partial charge is 0.273 e. The maximum absolute atomic E-state index is 13.0. The van der Waals surface area contributed by atoms with Gasteiger partial charge in [0, 0.05) is 19.3 Å². The molecule has 29 heavy (non-hydrogen) atoms. The molecule has 1 fully saturated rings. The van der Waals surface area contributed by atoms with Gasteiger partial charge in [-0.25, -0.2) is 9.66 Å². The predicted octanol–water partition coefficient (Wildman–Crippen LogP) is 0.345. The summed E-state index contributed by atoms with van der Waals surface area (Å²) < 4.78 is 7.17. The number of hydrogen-bond acceptors (Lipinski definition) is 8. The van der Waals surface area contributed by atoms with Crippen molar-refractivity contribution in [3.63, 3.8) is 0 Å². The van der Waals surface area contributed by atoms with Crippen molar-refractivity contribution < 1.29 is 9.53 Å². The molecule has 1 aromatic rings. The Hall–Kier alpha value is -2.85. The lowest BCUT2D eigenvalue weighted by Gasteiger charge is -2.34. The Bertz CT molecular complexity index is 892. The molecule has 1 amide bonds. The molecule has 4 aliphatic rings. The van der Waals surface area contributed by atoms with E-state index >= 15 is 0 Å². The SMILES string of the molecule is O=C(NC1C=CC=C(N2CCOCC2)N1)c1cnc2n1NC(C1NC=CS1)C=C2. The first kappa shape index (κ1) is 18.2. The Morgan fingerprint density at radius 2 is 2.21 bits per heavy atom. The monoisotopic (exact) mass is 413 g/mol. The maximum Gasteiger partial charge on any atom is 0.273 e. The van der Waals surface area contributed by atoms with Crippen LogP contribution in [0.15, 0.2) is 47.9 Å². The number of amides is 1. The molecule has 0 radical (unpaired) electrons. The Balaban J connectivity index is 1.24. The molecule has 4 aliphatic heterocycles. The van der Waals surface area contributed by atoms with Gasteiger partial charge in [-0.15, -0.1) is 11.8 Å². The summed E-state index contributed by atoms with van der Waals surface area (Å²) in [5.74, 6) is 1.51. The average Bonchev–Trinajstić information content (AvgIpc) is 3.44. The molecule has 4 N–H and O–H groups in total. The van der Waals surface area contributed by atoms with Gasteiger partial charge in [0.2, 0.25) is 0 Å². The maximum atomic E-state index is 13.0. The van der Waals surface area contributed by atoms with Crippen molar-refractivity contribution in [3.8, 4) is 0 Å². The topological polar surface area (TPSA) is 95.5 Å².